The Morgan fingerprint density at radius 2 is 1.70 bits per heavy atom. The number of hydrogen-bond acceptors (Lipinski definition) is 7. The summed E-state index contributed by atoms with van der Waals surface area (Å²) in [5.74, 6) is -3.30. The molecular formula is C27H22ClN7O5. The second-order valence-corrected chi connectivity index (χ2v) is 9.36. The van der Waals surface area contributed by atoms with Crippen molar-refractivity contribution in [2.24, 2.45) is 0 Å². The number of benzene rings is 3. The largest absolute Gasteiger partial charge is 0.478 e. The maximum absolute atomic E-state index is 13.5. The van der Waals surface area contributed by atoms with Crippen LogP contribution in [-0.2, 0) is 20.8 Å². The fourth-order valence-electron chi connectivity index (χ4n) is 4.46. The van der Waals surface area contributed by atoms with E-state index in [1.165, 1.54) is 45.1 Å². The molecule has 1 atom stereocenters. The van der Waals surface area contributed by atoms with Gasteiger partial charge in [-0.15, -0.1) is 5.10 Å². The smallest absolute Gasteiger partial charge is 0.335 e. The first-order chi connectivity index (χ1) is 19.3. The van der Waals surface area contributed by atoms with E-state index in [9.17, 15) is 19.2 Å². The van der Waals surface area contributed by atoms with Gasteiger partial charge in [0.25, 0.3) is 0 Å². The van der Waals surface area contributed by atoms with Gasteiger partial charge in [-0.1, -0.05) is 41.9 Å². The van der Waals surface area contributed by atoms with Crippen LogP contribution in [0.2, 0.25) is 5.02 Å². The van der Waals surface area contributed by atoms with Crippen molar-refractivity contribution < 1.29 is 24.3 Å². The number of aromatic carboxylic acids is 1. The van der Waals surface area contributed by atoms with Crippen molar-refractivity contribution in [3.63, 3.8) is 0 Å². The summed E-state index contributed by atoms with van der Waals surface area (Å²) in [6, 6.07) is 18.6. The first kappa shape index (κ1) is 26.5. The molecule has 202 valence electrons. The Bertz CT molecular complexity index is 1560. The topological polar surface area (TPSA) is 151 Å². The normalized spacial score (nSPS) is 14.2. The van der Waals surface area contributed by atoms with Crippen LogP contribution in [0.15, 0.2) is 79.1 Å². The van der Waals surface area contributed by atoms with E-state index in [-0.39, 0.29) is 25.1 Å². The van der Waals surface area contributed by atoms with Gasteiger partial charge in [0, 0.05) is 30.2 Å². The van der Waals surface area contributed by atoms with Gasteiger partial charge in [0.2, 0.25) is 5.91 Å². The zero-order valence-electron chi connectivity index (χ0n) is 20.8. The molecule has 0 aliphatic carbocycles. The number of nitrogens with zero attached hydrogens (tertiary/aromatic N) is 6. The maximum atomic E-state index is 13.5. The second-order valence-electron chi connectivity index (χ2n) is 8.92. The molecule has 1 aliphatic heterocycles. The van der Waals surface area contributed by atoms with Gasteiger partial charge in [-0.25, -0.2) is 4.79 Å². The second kappa shape index (κ2) is 11.3. The summed E-state index contributed by atoms with van der Waals surface area (Å²) in [5.41, 5.74) is 2.02. The molecule has 3 aromatic carbocycles. The number of tetrazole rings is 1. The third-order valence-corrected chi connectivity index (χ3v) is 6.66. The Labute approximate surface area is 232 Å². The lowest BCUT2D eigenvalue weighted by atomic mass is 10.0. The van der Waals surface area contributed by atoms with Gasteiger partial charge in [0.1, 0.15) is 12.4 Å². The zero-order chi connectivity index (χ0) is 28.2. The molecule has 40 heavy (non-hydrogen) atoms. The van der Waals surface area contributed by atoms with E-state index in [4.69, 9.17) is 16.7 Å². The van der Waals surface area contributed by atoms with Crippen LogP contribution in [0.25, 0.3) is 5.69 Å². The molecular weight excluding hydrogens is 538 g/mol. The van der Waals surface area contributed by atoms with Crippen LogP contribution in [0.4, 0.5) is 11.4 Å². The molecule has 12 nitrogen and oxygen atoms in total. The van der Waals surface area contributed by atoms with Crippen LogP contribution in [0.1, 0.15) is 15.9 Å². The highest BCUT2D eigenvalue weighted by Crippen LogP contribution is 2.30. The monoisotopic (exact) mass is 559 g/mol. The molecule has 1 aromatic heterocycles. The molecule has 0 bridgehead atoms. The van der Waals surface area contributed by atoms with E-state index in [2.05, 4.69) is 20.8 Å². The molecule has 1 saturated heterocycles. The van der Waals surface area contributed by atoms with Crippen LogP contribution < -0.4 is 10.2 Å². The van der Waals surface area contributed by atoms with Gasteiger partial charge >= 0.3 is 17.8 Å². The number of aromatic nitrogens is 4. The molecule has 4 aromatic rings. The lowest BCUT2D eigenvalue weighted by Gasteiger charge is -2.38. The van der Waals surface area contributed by atoms with Gasteiger partial charge in [-0.05, 0) is 58.5 Å². The Kier molecular flexibility index (Phi) is 7.51. The lowest BCUT2D eigenvalue weighted by molar-refractivity contribution is -0.149. The molecule has 3 amide bonds. The van der Waals surface area contributed by atoms with Gasteiger partial charge in [0.05, 0.1) is 16.9 Å². The molecule has 1 unspecified atom stereocenters. The third-order valence-electron chi connectivity index (χ3n) is 6.43. The van der Waals surface area contributed by atoms with Gasteiger partial charge < -0.3 is 20.2 Å². The van der Waals surface area contributed by atoms with Crippen molar-refractivity contribution in [2.75, 3.05) is 23.3 Å². The Balaban J connectivity index is 1.42. The Morgan fingerprint density at radius 3 is 2.38 bits per heavy atom. The van der Waals surface area contributed by atoms with Crippen LogP contribution in [0, 0.1) is 0 Å². The van der Waals surface area contributed by atoms with Crippen molar-refractivity contribution in [2.45, 2.75) is 12.5 Å². The van der Waals surface area contributed by atoms with E-state index < -0.39 is 29.7 Å². The highest BCUT2D eigenvalue weighted by Gasteiger charge is 2.40. The number of carbonyl (C=O) groups excluding carboxylic acids is 3. The molecule has 5 rings (SSSR count). The van der Waals surface area contributed by atoms with Crippen molar-refractivity contribution in [1.29, 1.82) is 0 Å². The number of nitrogens with one attached hydrogen (secondary N) is 1. The number of amides is 3. The van der Waals surface area contributed by atoms with Crippen LogP contribution in [0.3, 0.4) is 0 Å². The average Bonchev–Trinajstić information content (AvgIpc) is 3.49. The molecule has 0 saturated carbocycles. The van der Waals surface area contributed by atoms with Gasteiger partial charge in [-0.2, -0.15) is 4.68 Å². The standard InChI is InChI=1S/C27H22ClN7O5/c28-19-8-11-21(35-16-29-31-32-35)22(15-19)33-12-13-34(26(38)25(33)37)23(14-17-4-2-1-3-5-17)24(36)30-20-9-6-18(7-10-20)27(39)40/h1-11,15-16,23H,12-14H2,(H,30,36)(H,39,40). The van der Waals surface area contributed by atoms with Crippen LogP contribution in [0.5, 0.6) is 0 Å². The number of anilines is 2. The number of carboxylic acids is 1. The highest BCUT2D eigenvalue weighted by molar-refractivity contribution is 6.41. The number of carboxylic acid groups (broad SMARTS) is 1. The predicted octanol–water partition coefficient (Wildman–Crippen LogP) is 2.44. The summed E-state index contributed by atoms with van der Waals surface area (Å²) in [6.45, 7) is 0.154. The summed E-state index contributed by atoms with van der Waals surface area (Å²) >= 11 is 6.22. The summed E-state index contributed by atoms with van der Waals surface area (Å²) in [6.07, 6.45) is 1.52. The van der Waals surface area contributed by atoms with Crippen molar-refractivity contribution in [3.05, 3.63) is 95.3 Å². The Hall–Kier alpha value is -5.10. The summed E-state index contributed by atoms with van der Waals surface area (Å²) in [7, 11) is 0. The van der Waals surface area contributed by atoms with Crippen LogP contribution >= 0.6 is 11.6 Å². The fraction of sp³-hybridized carbons (Fsp3) is 0.148. The lowest BCUT2D eigenvalue weighted by Crippen LogP contribution is -2.60. The highest BCUT2D eigenvalue weighted by atomic mass is 35.5. The van der Waals surface area contributed by atoms with Crippen LogP contribution in [-0.4, -0.2) is 73.0 Å². The SMILES string of the molecule is O=C(O)c1ccc(NC(=O)C(Cc2ccccc2)N2CCN(c3cc(Cl)ccc3-n3cnnn3)C(=O)C2=O)cc1. The van der Waals surface area contributed by atoms with E-state index >= 15 is 0 Å². The summed E-state index contributed by atoms with van der Waals surface area (Å²) < 4.78 is 1.36. The average molecular weight is 560 g/mol. The maximum Gasteiger partial charge on any atom is 0.335 e. The minimum atomic E-state index is -1.09. The van der Waals surface area contributed by atoms with E-state index in [1.807, 2.05) is 30.3 Å². The molecule has 2 N–H and O–H groups in total. The number of piperazine rings is 1. The van der Waals surface area contributed by atoms with Crippen molar-refractivity contribution in [1.82, 2.24) is 25.1 Å². The van der Waals surface area contributed by atoms with Crippen molar-refractivity contribution >= 4 is 46.7 Å². The number of hydrogen-bond donors (Lipinski definition) is 2. The molecule has 2 heterocycles. The fourth-order valence-corrected chi connectivity index (χ4v) is 4.62. The van der Waals surface area contributed by atoms with E-state index in [0.29, 0.717) is 22.1 Å². The zero-order valence-corrected chi connectivity index (χ0v) is 21.6. The minimum Gasteiger partial charge on any atom is -0.478 e. The van der Waals surface area contributed by atoms with Crippen molar-refractivity contribution in [3.8, 4) is 5.69 Å². The molecule has 0 spiro atoms. The summed E-state index contributed by atoms with van der Waals surface area (Å²) in [5, 5.41) is 23.4. The van der Waals surface area contributed by atoms with Gasteiger partial charge in [-0.3, -0.25) is 14.4 Å². The summed E-state index contributed by atoms with van der Waals surface area (Å²) in [4.78, 5) is 54.2. The first-order valence-electron chi connectivity index (χ1n) is 12.2. The number of carbonyl (C=O) groups is 4. The molecule has 1 fully saturated rings. The first-order valence-corrected chi connectivity index (χ1v) is 12.5. The number of rotatable bonds is 8. The van der Waals surface area contributed by atoms with Gasteiger partial charge in [0.15, 0.2) is 0 Å². The van der Waals surface area contributed by atoms with E-state index in [1.54, 1.807) is 18.2 Å². The third kappa shape index (κ3) is 5.52. The van der Waals surface area contributed by atoms with E-state index in [0.717, 1.165) is 5.56 Å². The predicted molar refractivity (Wildman–Crippen MR) is 144 cm³/mol. The Morgan fingerprint density at radius 1 is 0.950 bits per heavy atom. The molecule has 0 radical (unpaired) electrons. The molecule has 13 heteroatoms. The number of halogens is 1. The molecule has 1 aliphatic rings. The minimum absolute atomic E-state index is 0.0645. The quantitative estimate of drug-likeness (QED) is 0.312.